The Labute approximate surface area is 159 Å². The summed E-state index contributed by atoms with van der Waals surface area (Å²) >= 11 is 0. The van der Waals surface area contributed by atoms with Gasteiger partial charge in [-0.25, -0.2) is 0 Å². The number of nitrogens with zero attached hydrogens (tertiary/aromatic N) is 3. The highest BCUT2D eigenvalue weighted by Crippen LogP contribution is 2.44. The summed E-state index contributed by atoms with van der Waals surface area (Å²) in [6, 6.07) is 11.7. The predicted molar refractivity (Wildman–Crippen MR) is 103 cm³/mol. The van der Waals surface area contributed by atoms with E-state index >= 15 is 0 Å². The average Bonchev–Trinajstić information content (AvgIpc) is 3.20. The molecule has 0 radical (unpaired) electrons. The highest BCUT2D eigenvalue weighted by Gasteiger charge is 2.47. The Kier molecular flexibility index (Phi) is 4.52. The molecule has 3 atom stereocenters. The van der Waals surface area contributed by atoms with E-state index in [-0.39, 0.29) is 11.5 Å². The van der Waals surface area contributed by atoms with E-state index in [1.165, 1.54) is 16.2 Å². The largest absolute Gasteiger partial charge is 0.497 e. The second kappa shape index (κ2) is 6.85. The highest BCUT2D eigenvalue weighted by molar-refractivity contribution is 5.94. The minimum Gasteiger partial charge on any atom is -0.497 e. The summed E-state index contributed by atoms with van der Waals surface area (Å²) < 4.78 is 6.74. The molecule has 2 aliphatic heterocycles. The van der Waals surface area contributed by atoms with Gasteiger partial charge in [-0.05, 0) is 36.7 Å². The number of fused-ring (bicyclic) bond motifs is 1. The maximum atomic E-state index is 12.9. The van der Waals surface area contributed by atoms with Gasteiger partial charge in [0.15, 0.2) is 0 Å². The number of carbonyl (C=O) groups excluding carboxylic acids is 1. The van der Waals surface area contributed by atoms with Crippen LogP contribution in [0.2, 0.25) is 0 Å². The van der Waals surface area contributed by atoms with Gasteiger partial charge in [0.2, 0.25) is 0 Å². The molecule has 0 N–H and O–H groups in total. The topological polar surface area (TPSA) is 54.8 Å². The molecule has 3 heterocycles. The second-order valence-electron chi connectivity index (χ2n) is 7.66. The number of hydrogen-bond donors (Lipinski definition) is 0. The van der Waals surface area contributed by atoms with Crippen LogP contribution < -0.4 is 10.3 Å². The summed E-state index contributed by atoms with van der Waals surface area (Å²) in [5.74, 6) is 1.67. The number of methoxy groups -OCH3 is 1. The van der Waals surface area contributed by atoms with Gasteiger partial charge < -0.3 is 14.2 Å². The molecule has 0 unspecified atom stereocenters. The molecule has 142 valence electrons. The van der Waals surface area contributed by atoms with Gasteiger partial charge >= 0.3 is 0 Å². The van der Waals surface area contributed by atoms with Crippen molar-refractivity contribution in [2.45, 2.75) is 6.04 Å². The number of aryl methyl sites for hydroxylation is 1. The minimum atomic E-state index is -0.156. The molecule has 2 saturated heterocycles. The number of pyridine rings is 1. The Bertz CT molecular complexity index is 906. The summed E-state index contributed by atoms with van der Waals surface area (Å²) in [7, 11) is 5.51. The number of amides is 1. The van der Waals surface area contributed by atoms with Gasteiger partial charge in [0.05, 0.1) is 7.11 Å². The van der Waals surface area contributed by atoms with E-state index in [2.05, 4.69) is 24.1 Å². The molecule has 6 heteroatoms. The number of ether oxygens (including phenoxy) is 1. The summed E-state index contributed by atoms with van der Waals surface area (Å²) in [4.78, 5) is 29.1. The van der Waals surface area contributed by atoms with Gasteiger partial charge in [-0.2, -0.15) is 0 Å². The predicted octanol–water partition coefficient (Wildman–Crippen LogP) is 1.77. The monoisotopic (exact) mass is 367 g/mol. The van der Waals surface area contributed by atoms with Crippen molar-refractivity contribution in [1.29, 1.82) is 0 Å². The summed E-state index contributed by atoms with van der Waals surface area (Å²) in [5, 5.41) is 0. The van der Waals surface area contributed by atoms with E-state index in [0.717, 1.165) is 25.4 Å². The Morgan fingerprint density at radius 1 is 1.07 bits per heavy atom. The molecule has 0 spiro atoms. The molecule has 4 rings (SSSR count). The van der Waals surface area contributed by atoms with Crippen molar-refractivity contribution >= 4 is 5.91 Å². The first-order valence-electron chi connectivity index (χ1n) is 9.28. The van der Waals surface area contributed by atoms with Gasteiger partial charge in [-0.1, -0.05) is 12.1 Å². The fourth-order valence-electron chi connectivity index (χ4n) is 4.59. The summed E-state index contributed by atoms with van der Waals surface area (Å²) in [5.41, 5.74) is 1.58. The van der Waals surface area contributed by atoms with E-state index < -0.39 is 0 Å². The molecule has 2 aliphatic rings. The molecular weight excluding hydrogens is 342 g/mol. The SMILES string of the molecule is COc1ccc([C@H]2[C@@H]3CN(C(=O)c4ccn(C)c(=O)c4)C[C@@H]3CN2C)cc1. The van der Waals surface area contributed by atoms with Crippen LogP contribution in [-0.4, -0.2) is 54.1 Å². The quantitative estimate of drug-likeness (QED) is 0.830. The van der Waals surface area contributed by atoms with Crippen LogP contribution in [0.1, 0.15) is 22.0 Å². The van der Waals surface area contributed by atoms with Crippen LogP contribution >= 0.6 is 0 Å². The van der Waals surface area contributed by atoms with Crippen molar-refractivity contribution in [2.24, 2.45) is 18.9 Å². The lowest BCUT2D eigenvalue weighted by atomic mass is 9.89. The smallest absolute Gasteiger partial charge is 0.254 e. The van der Waals surface area contributed by atoms with Crippen LogP contribution in [0.25, 0.3) is 0 Å². The zero-order chi connectivity index (χ0) is 19.1. The lowest BCUT2D eigenvalue weighted by molar-refractivity contribution is 0.0767. The molecule has 0 bridgehead atoms. The van der Waals surface area contributed by atoms with Crippen LogP contribution in [0.4, 0.5) is 0 Å². The third-order valence-corrected chi connectivity index (χ3v) is 5.99. The number of rotatable bonds is 3. The first-order valence-corrected chi connectivity index (χ1v) is 9.28. The van der Waals surface area contributed by atoms with E-state index in [4.69, 9.17) is 4.74 Å². The van der Waals surface area contributed by atoms with E-state index in [1.807, 2.05) is 17.0 Å². The number of hydrogen-bond acceptors (Lipinski definition) is 4. The number of benzene rings is 1. The first-order chi connectivity index (χ1) is 13.0. The van der Waals surface area contributed by atoms with Gasteiger partial charge in [0, 0.05) is 56.5 Å². The summed E-state index contributed by atoms with van der Waals surface area (Å²) in [6.07, 6.45) is 1.65. The van der Waals surface area contributed by atoms with Gasteiger partial charge in [-0.15, -0.1) is 0 Å². The lowest BCUT2D eigenvalue weighted by Gasteiger charge is -2.27. The van der Waals surface area contributed by atoms with Crippen LogP contribution in [0.5, 0.6) is 5.75 Å². The molecule has 1 aromatic heterocycles. The minimum absolute atomic E-state index is 0.0433. The molecule has 2 fully saturated rings. The second-order valence-corrected chi connectivity index (χ2v) is 7.66. The van der Waals surface area contributed by atoms with E-state index in [9.17, 15) is 9.59 Å². The van der Waals surface area contributed by atoms with Crippen LogP contribution in [0.3, 0.4) is 0 Å². The maximum Gasteiger partial charge on any atom is 0.254 e. The van der Waals surface area contributed by atoms with E-state index in [0.29, 0.717) is 23.4 Å². The fraction of sp³-hybridized carbons (Fsp3) is 0.429. The normalized spacial score (nSPS) is 24.9. The maximum absolute atomic E-state index is 12.9. The Morgan fingerprint density at radius 3 is 2.48 bits per heavy atom. The fourth-order valence-corrected chi connectivity index (χ4v) is 4.59. The molecule has 6 nitrogen and oxygen atoms in total. The van der Waals surface area contributed by atoms with E-state index in [1.54, 1.807) is 26.4 Å². The Morgan fingerprint density at radius 2 is 1.81 bits per heavy atom. The Balaban J connectivity index is 1.54. The third-order valence-electron chi connectivity index (χ3n) is 5.99. The first kappa shape index (κ1) is 17.8. The van der Waals surface area contributed by atoms with Crippen molar-refractivity contribution < 1.29 is 9.53 Å². The molecule has 1 amide bonds. The zero-order valence-corrected chi connectivity index (χ0v) is 16.0. The molecule has 0 aliphatic carbocycles. The van der Waals surface area contributed by atoms with Gasteiger partial charge in [0.1, 0.15) is 5.75 Å². The zero-order valence-electron chi connectivity index (χ0n) is 16.0. The standard InChI is InChI=1S/C21H25N3O3/c1-22-9-8-15(10-19(22)25)21(26)24-12-16-11-23(2)20(18(16)13-24)14-4-6-17(27-3)7-5-14/h4-10,16,18,20H,11-13H2,1-3H3/t16-,18+,20-/m0/s1. The number of aromatic nitrogens is 1. The molecular formula is C21H25N3O3. The number of carbonyl (C=O) groups is 1. The number of likely N-dealkylation sites (tertiary alicyclic amines) is 2. The van der Waals surface area contributed by atoms with Crippen LogP contribution in [0.15, 0.2) is 47.4 Å². The van der Waals surface area contributed by atoms with Crippen molar-refractivity contribution in [3.8, 4) is 5.75 Å². The molecule has 0 saturated carbocycles. The molecule has 2 aromatic rings. The van der Waals surface area contributed by atoms with Crippen molar-refractivity contribution in [2.75, 3.05) is 33.8 Å². The Hall–Kier alpha value is -2.60. The van der Waals surface area contributed by atoms with Gasteiger partial charge in [-0.3, -0.25) is 14.5 Å². The average molecular weight is 367 g/mol. The van der Waals surface area contributed by atoms with Crippen LogP contribution in [-0.2, 0) is 7.05 Å². The molecule has 27 heavy (non-hydrogen) atoms. The van der Waals surface area contributed by atoms with Crippen molar-refractivity contribution in [1.82, 2.24) is 14.4 Å². The summed E-state index contributed by atoms with van der Waals surface area (Å²) in [6.45, 7) is 2.44. The highest BCUT2D eigenvalue weighted by atomic mass is 16.5. The third kappa shape index (κ3) is 3.14. The lowest BCUT2D eigenvalue weighted by Crippen LogP contribution is -2.34. The van der Waals surface area contributed by atoms with Crippen molar-refractivity contribution in [3.63, 3.8) is 0 Å². The molecule has 1 aromatic carbocycles. The van der Waals surface area contributed by atoms with Crippen LogP contribution in [0, 0.1) is 11.8 Å². The van der Waals surface area contributed by atoms with Crippen molar-refractivity contribution in [3.05, 3.63) is 64.1 Å². The van der Waals surface area contributed by atoms with Gasteiger partial charge in [0.25, 0.3) is 11.5 Å².